The second-order valence-electron chi connectivity index (χ2n) is 6.04. The van der Waals surface area contributed by atoms with Gasteiger partial charge in [0.1, 0.15) is 6.17 Å². The maximum absolute atomic E-state index is 13.9. The lowest BCUT2D eigenvalue weighted by Gasteiger charge is -2.28. The second-order valence-corrected chi connectivity index (χ2v) is 6.04. The van der Waals surface area contributed by atoms with Crippen molar-refractivity contribution in [2.24, 2.45) is 0 Å². The van der Waals surface area contributed by atoms with Crippen LogP contribution in [0, 0.1) is 12.7 Å². The first kappa shape index (κ1) is 15.9. The van der Waals surface area contributed by atoms with Gasteiger partial charge in [0.2, 0.25) is 0 Å². The van der Waals surface area contributed by atoms with E-state index in [1.807, 2.05) is 17.9 Å². The average molecular weight is 322 g/mol. The Balaban J connectivity index is 1.68. The van der Waals surface area contributed by atoms with Gasteiger partial charge in [-0.1, -0.05) is 5.16 Å². The highest BCUT2D eigenvalue weighted by Crippen LogP contribution is 2.25. The zero-order valence-corrected chi connectivity index (χ0v) is 13.2. The van der Waals surface area contributed by atoms with E-state index in [-0.39, 0.29) is 17.7 Å². The third-order valence-corrected chi connectivity index (χ3v) is 4.10. The first-order chi connectivity index (χ1) is 11.0. The van der Waals surface area contributed by atoms with E-state index in [4.69, 9.17) is 4.52 Å². The molecule has 0 spiro atoms. The predicted molar refractivity (Wildman–Crippen MR) is 82.4 cm³/mol. The van der Waals surface area contributed by atoms with E-state index in [0.717, 1.165) is 5.69 Å². The summed E-state index contributed by atoms with van der Waals surface area (Å²) in [5, 5.41) is 3.86. The number of hydrogen-bond donors (Lipinski definition) is 0. The summed E-state index contributed by atoms with van der Waals surface area (Å²) in [7, 11) is 1.77. The fraction of sp³-hybridized carbons (Fsp3) is 0.500. The maximum Gasteiger partial charge on any atom is 0.165 e. The summed E-state index contributed by atoms with van der Waals surface area (Å²) >= 11 is 0. The molecule has 0 amide bonds. The van der Waals surface area contributed by atoms with E-state index < -0.39 is 6.17 Å². The van der Waals surface area contributed by atoms with Crippen LogP contribution < -0.4 is 4.90 Å². The number of likely N-dealkylation sites (tertiary alicyclic amines) is 1. The lowest BCUT2D eigenvalue weighted by Crippen LogP contribution is -2.39. The quantitative estimate of drug-likeness (QED) is 0.846. The normalized spacial score (nSPS) is 21.7. The monoisotopic (exact) mass is 322 g/mol. The van der Waals surface area contributed by atoms with Crippen molar-refractivity contribution in [3.63, 3.8) is 0 Å². The van der Waals surface area contributed by atoms with Crippen LogP contribution in [0.25, 0.3) is 0 Å². The Hall–Kier alpha value is -2.02. The standard InChI is InChI=1S/C16H20F2N4O/c1-11-6-14(23-20-11)10-22-8-12(17)7-13(22)9-21(2)16-15(18)4-3-5-19-16/h3-6,12-13H,7-10H2,1-2H3/t12-,13-/m0/s1. The molecule has 0 saturated carbocycles. The molecule has 2 atom stereocenters. The van der Waals surface area contributed by atoms with E-state index in [2.05, 4.69) is 10.1 Å². The smallest absolute Gasteiger partial charge is 0.165 e. The molecule has 1 aliphatic rings. The number of rotatable bonds is 5. The van der Waals surface area contributed by atoms with Crippen molar-refractivity contribution in [1.29, 1.82) is 0 Å². The molecule has 0 aromatic carbocycles. The summed E-state index contributed by atoms with van der Waals surface area (Å²) in [4.78, 5) is 7.81. The summed E-state index contributed by atoms with van der Waals surface area (Å²) in [6.45, 7) is 3.21. The van der Waals surface area contributed by atoms with Crippen molar-refractivity contribution >= 4 is 5.82 Å². The Labute approximate surface area is 133 Å². The molecule has 3 rings (SSSR count). The van der Waals surface area contributed by atoms with Gasteiger partial charge in [-0.3, -0.25) is 4.90 Å². The summed E-state index contributed by atoms with van der Waals surface area (Å²) < 4.78 is 32.9. The van der Waals surface area contributed by atoms with Gasteiger partial charge in [-0.25, -0.2) is 13.8 Å². The number of hydrogen-bond acceptors (Lipinski definition) is 5. The maximum atomic E-state index is 13.9. The minimum atomic E-state index is -0.883. The van der Waals surface area contributed by atoms with Crippen LogP contribution in [-0.4, -0.2) is 47.4 Å². The van der Waals surface area contributed by atoms with E-state index in [1.54, 1.807) is 24.2 Å². The molecular formula is C16H20F2N4O. The van der Waals surface area contributed by atoms with Crippen molar-refractivity contribution < 1.29 is 13.3 Å². The molecule has 0 unspecified atom stereocenters. The van der Waals surface area contributed by atoms with Crippen LogP contribution in [0.4, 0.5) is 14.6 Å². The van der Waals surface area contributed by atoms with Gasteiger partial charge in [-0.2, -0.15) is 0 Å². The van der Waals surface area contributed by atoms with Gasteiger partial charge in [-0.15, -0.1) is 0 Å². The molecule has 2 aromatic rings. The minimum absolute atomic E-state index is 0.0261. The molecular weight excluding hydrogens is 302 g/mol. The minimum Gasteiger partial charge on any atom is -0.360 e. The van der Waals surface area contributed by atoms with Gasteiger partial charge in [0.05, 0.1) is 12.2 Å². The van der Waals surface area contributed by atoms with E-state index in [0.29, 0.717) is 31.8 Å². The summed E-state index contributed by atoms with van der Waals surface area (Å²) in [5.74, 6) is 0.626. The molecule has 0 radical (unpaired) electrons. The van der Waals surface area contributed by atoms with Gasteiger partial charge < -0.3 is 9.42 Å². The topological polar surface area (TPSA) is 45.4 Å². The lowest BCUT2D eigenvalue weighted by molar-refractivity contribution is 0.209. The summed E-state index contributed by atoms with van der Waals surface area (Å²) in [5.41, 5.74) is 0.806. The SMILES string of the molecule is Cc1cc(CN2C[C@@H](F)C[C@H]2CN(C)c2ncccc2F)on1. The predicted octanol–water partition coefficient (Wildman–Crippen LogP) is 2.57. The van der Waals surface area contributed by atoms with E-state index >= 15 is 0 Å². The lowest BCUT2D eigenvalue weighted by atomic mass is 10.2. The number of halogens is 2. The number of nitrogens with zero attached hydrogens (tertiary/aromatic N) is 4. The zero-order valence-electron chi connectivity index (χ0n) is 13.2. The van der Waals surface area contributed by atoms with Gasteiger partial charge in [0.25, 0.3) is 0 Å². The Bertz CT molecular complexity index is 663. The Morgan fingerprint density at radius 3 is 3.00 bits per heavy atom. The van der Waals surface area contributed by atoms with Crippen LogP contribution >= 0.6 is 0 Å². The van der Waals surface area contributed by atoms with Crippen molar-refractivity contribution in [2.75, 3.05) is 25.0 Å². The number of likely N-dealkylation sites (N-methyl/N-ethyl adjacent to an activating group) is 1. The Kier molecular flexibility index (Phi) is 4.56. The number of pyridine rings is 1. The van der Waals surface area contributed by atoms with Gasteiger partial charge in [0, 0.05) is 38.4 Å². The molecule has 23 heavy (non-hydrogen) atoms. The van der Waals surface area contributed by atoms with Crippen LogP contribution in [0.1, 0.15) is 17.9 Å². The van der Waals surface area contributed by atoms with Crippen molar-refractivity contribution in [3.05, 3.63) is 41.7 Å². The van der Waals surface area contributed by atoms with Crippen molar-refractivity contribution in [3.8, 4) is 0 Å². The highest BCUT2D eigenvalue weighted by atomic mass is 19.1. The largest absolute Gasteiger partial charge is 0.360 e. The fourth-order valence-corrected chi connectivity index (χ4v) is 3.06. The molecule has 1 saturated heterocycles. The van der Waals surface area contributed by atoms with E-state index in [1.165, 1.54) is 6.07 Å². The van der Waals surface area contributed by atoms with Crippen molar-refractivity contribution in [1.82, 2.24) is 15.0 Å². The average Bonchev–Trinajstić information content (AvgIpc) is 3.06. The highest BCUT2D eigenvalue weighted by Gasteiger charge is 2.33. The fourth-order valence-electron chi connectivity index (χ4n) is 3.06. The van der Waals surface area contributed by atoms with Crippen molar-refractivity contribution in [2.45, 2.75) is 32.1 Å². The Morgan fingerprint density at radius 1 is 1.48 bits per heavy atom. The summed E-state index contributed by atoms with van der Waals surface area (Å²) in [6.07, 6.45) is 1.09. The van der Waals surface area contributed by atoms with Gasteiger partial charge in [-0.05, 0) is 25.5 Å². The summed E-state index contributed by atoms with van der Waals surface area (Å²) in [6, 6.07) is 4.76. The molecule has 124 valence electrons. The molecule has 1 aliphatic heterocycles. The number of aromatic nitrogens is 2. The van der Waals surface area contributed by atoms with Crippen LogP contribution in [0.2, 0.25) is 0 Å². The van der Waals surface area contributed by atoms with Gasteiger partial charge >= 0.3 is 0 Å². The molecule has 7 heteroatoms. The number of alkyl halides is 1. The molecule has 0 bridgehead atoms. The molecule has 0 N–H and O–H groups in total. The van der Waals surface area contributed by atoms with Crippen LogP contribution in [0.5, 0.6) is 0 Å². The third kappa shape index (κ3) is 3.67. The number of anilines is 1. The number of aryl methyl sites for hydroxylation is 1. The highest BCUT2D eigenvalue weighted by molar-refractivity contribution is 5.38. The molecule has 5 nitrogen and oxygen atoms in total. The molecule has 3 heterocycles. The van der Waals surface area contributed by atoms with Crippen LogP contribution in [0.15, 0.2) is 28.9 Å². The third-order valence-electron chi connectivity index (χ3n) is 4.10. The molecule has 2 aromatic heterocycles. The second kappa shape index (κ2) is 6.62. The zero-order chi connectivity index (χ0) is 16.4. The van der Waals surface area contributed by atoms with Crippen LogP contribution in [-0.2, 0) is 6.54 Å². The van der Waals surface area contributed by atoms with Gasteiger partial charge in [0.15, 0.2) is 17.4 Å². The first-order valence-electron chi connectivity index (χ1n) is 7.65. The molecule has 1 fully saturated rings. The van der Waals surface area contributed by atoms with E-state index in [9.17, 15) is 8.78 Å². The van der Waals surface area contributed by atoms with Crippen LogP contribution in [0.3, 0.4) is 0 Å². The Morgan fingerprint density at radius 2 is 2.30 bits per heavy atom. The first-order valence-corrected chi connectivity index (χ1v) is 7.65. The molecule has 0 aliphatic carbocycles.